The first-order valence-corrected chi connectivity index (χ1v) is 8.61. The number of H-pyrrole nitrogens is 1. The minimum absolute atomic E-state index is 0.0467. The summed E-state index contributed by atoms with van der Waals surface area (Å²) in [6.45, 7) is 3.07. The molecule has 1 aliphatic heterocycles. The van der Waals surface area contributed by atoms with E-state index in [2.05, 4.69) is 15.0 Å². The molecule has 0 saturated carbocycles. The van der Waals surface area contributed by atoms with Crippen LogP contribution in [0.4, 0.5) is 0 Å². The van der Waals surface area contributed by atoms with Crippen molar-refractivity contribution in [1.29, 1.82) is 0 Å². The summed E-state index contributed by atoms with van der Waals surface area (Å²) in [7, 11) is 0. The molecule has 1 fully saturated rings. The average molecular weight is 336 g/mol. The zero-order valence-electron chi connectivity index (χ0n) is 14.1. The number of amides is 1. The van der Waals surface area contributed by atoms with E-state index in [0.717, 1.165) is 29.7 Å². The van der Waals surface area contributed by atoms with Crippen LogP contribution in [0.1, 0.15) is 42.0 Å². The van der Waals surface area contributed by atoms with Gasteiger partial charge in [-0.2, -0.15) is 0 Å². The van der Waals surface area contributed by atoms with Gasteiger partial charge in [0.05, 0.1) is 23.7 Å². The summed E-state index contributed by atoms with van der Waals surface area (Å²) < 4.78 is 5.52. The van der Waals surface area contributed by atoms with Crippen LogP contribution in [0.3, 0.4) is 0 Å². The maximum atomic E-state index is 13.1. The van der Waals surface area contributed by atoms with Crippen molar-refractivity contribution in [3.63, 3.8) is 0 Å². The Morgan fingerprint density at radius 2 is 2.20 bits per heavy atom. The summed E-state index contributed by atoms with van der Waals surface area (Å²) in [5.74, 6) is 1.18. The van der Waals surface area contributed by atoms with E-state index in [1.165, 1.54) is 0 Å². The highest BCUT2D eigenvalue weighted by atomic mass is 16.5. The highest BCUT2D eigenvalue weighted by molar-refractivity contribution is 5.96. The molecule has 0 aliphatic carbocycles. The van der Waals surface area contributed by atoms with E-state index in [1.807, 2.05) is 36.1 Å². The second-order valence-electron chi connectivity index (χ2n) is 6.08. The second kappa shape index (κ2) is 6.55. The third-order valence-corrected chi connectivity index (χ3v) is 4.52. The van der Waals surface area contributed by atoms with Crippen LogP contribution in [0.2, 0.25) is 0 Å². The minimum atomic E-state index is -0.0560. The van der Waals surface area contributed by atoms with Crippen LogP contribution in [-0.4, -0.2) is 38.9 Å². The van der Waals surface area contributed by atoms with Gasteiger partial charge in [-0.1, -0.05) is 12.1 Å². The van der Waals surface area contributed by atoms with E-state index >= 15 is 0 Å². The van der Waals surface area contributed by atoms with Crippen LogP contribution in [0, 0.1) is 0 Å². The first-order valence-electron chi connectivity index (χ1n) is 8.61. The summed E-state index contributed by atoms with van der Waals surface area (Å²) in [4.78, 5) is 27.2. The van der Waals surface area contributed by atoms with Gasteiger partial charge < -0.3 is 14.6 Å². The van der Waals surface area contributed by atoms with E-state index in [4.69, 9.17) is 4.74 Å². The van der Waals surface area contributed by atoms with Gasteiger partial charge in [-0.25, -0.2) is 9.97 Å². The third kappa shape index (κ3) is 2.84. The number of hydrogen-bond acceptors (Lipinski definition) is 4. The zero-order chi connectivity index (χ0) is 17.2. The molecular weight excluding hydrogens is 316 g/mol. The maximum absolute atomic E-state index is 13.1. The number of aromatic nitrogens is 3. The predicted molar refractivity (Wildman–Crippen MR) is 94.5 cm³/mol. The van der Waals surface area contributed by atoms with Crippen molar-refractivity contribution in [2.24, 2.45) is 0 Å². The van der Waals surface area contributed by atoms with Crippen molar-refractivity contribution >= 4 is 16.9 Å². The van der Waals surface area contributed by atoms with Crippen molar-refractivity contribution < 1.29 is 9.53 Å². The maximum Gasteiger partial charge on any atom is 0.259 e. The Morgan fingerprint density at radius 1 is 1.32 bits per heavy atom. The largest absolute Gasteiger partial charge is 0.477 e. The van der Waals surface area contributed by atoms with E-state index in [1.54, 1.807) is 18.3 Å². The molecule has 25 heavy (non-hydrogen) atoms. The fourth-order valence-corrected chi connectivity index (χ4v) is 3.38. The summed E-state index contributed by atoms with van der Waals surface area (Å²) in [6, 6.07) is 11.4. The lowest BCUT2D eigenvalue weighted by atomic mass is 10.2. The number of nitrogens with one attached hydrogen (secondary N) is 1. The number of hydrogen-bond donors (Lipinski definition) is 1. The van der Waals surface area contributed by atoms with Gasteiger partial charge >= 0.3 is 0 Å². The Kier molecular flexibility index (Phi) is 4.09. The summed E-state index contributed by atoms with van der Waals surface area (Å²) in [6.07, 6.45) is 3.50. The molecule has 2 aromatic heterocycles. The number of carbonyl (C=O) groups excluding carboxylic acids is 1. The lowest BCUT2D eigenvalue weighted by Gasteiger charge is -2.23. The highest BCUT2D eigenvalue weighted by Gasteiger charge is 2.34. The predicted octanol–water partition coefficient (Wildman–Crippen LogP) is 3.33. The van der Waals surface area contributed by atoms with Crippen molar-refractivity contribution in [2.75, 3.05) is 13.2 Å². The Hall–Kier alpha value is -2.89. The number of nitrogens with zero attached hydrogens (tertiary/aromatic N) is 3. The van der Waals surface area contributed by atoms with Gasteiger partial charge in [-0.3, -0.25) is 4.79 Å². The fraction of sp³-hybridized carbons (Fsp3) is 0.316. The van der Waals surface area contributed by atoms with Gasteiger partial charge in [0.25, 0.3) is 5.91 Å². The van der Waals surface area contributed by atoms with Crippen molar-refractivity contribution in [2.45, 2.75) is 25.8 Å². The van der Waals surface area contributed by atoms with Crippen LogP contribution in [0.5, 0.6) is 5.88 Å². The molecule has 1 aliphatic rings. The van der Waals surface area contributed by atoms with Gasteiger partial charge in [0.15, 0.2) is 0 Å². The van der Waals surface area contributed by atoms with Crippen LogP contribution < -0.4 is 4.74 Å². The number of para-hydroxylation sites is 2. The molecule has 1 atom stereocenters. The van der Waals surface area contributed by atoms with Crippen LogP contribution in [0.25, 0.3) is 11.0 Å². The number of rotatable bonds is 4. The molecule has 0 radical (unpaired) electrons. The number of benzene rings is 1. The van der Waals surface area contributed by atoms with Gasteiger partial charge in [0, 0.05) is 12.7 Å². The van der Waals surface area contributed by atoms with E-state index < -0.39 is 0 Å². The van der Waals surface area contributed by atoms with Gasteiger partial charge in [0.2, 0.25) is 5.88 Å². The van der Waals surface area contributed by atoms with Crippen LogP contribution in [-0.2, 0) is 0 Å². The average Bonchev–Trinajstić information content (AvgIpc) is 3.28. The molecule has 128 valence electrons. The molecule has 4 rings (SSSR count). The third-order valence-electron chi connectivity index (χ3n) is 4.52. The fourth-order valence-electron chi connectivity index (χ4n) is 3.38. The molecule has 0 bridgehead atoms. The Labute approximate surface area is 145 Å². The summed E-state index contributed by atoms with van der Waals surface area (Å²) >= 11 is 0. The SMILES string of the molecule is CCOc1ncccc1C(=O)N1CCC[C@@H]1c1nc2ccccc2[nH]1. The quantitative estimate of drug-likeness (QED) is 0.793. The van der Waals surface area contributed by atoms with Gasteiger partial charge in [-0.15, -0.1) is 0 Å². The molecule has 0 unspecified atom stereocenters. The standard InChI is InChI=1S/C19H20N4O2/c1-2-25-18-13(7-5-11-20-18)19(24)23-12-6-10-16(23)17-21-14-8-3-4-9-15(14)22-17/h3-5,7-9,11,16H,2,6,10,12H2,1H3,(H,21,22)/t16-/m1/s1. The molecule has 6 nitrogen and oxygen atoms in total. The Bertz CT molecular complexity index is 872. The van der Waals surface area contributed by atoms with E-state index in [9.17, 15) is 4.79 Å². The number of likely N-dealkylation sites (tertiary alicyclic amines) is 1. The Morgan fingerprint density at radius 3 is 3.04 bits per heavy atom. The molecule has 3 aromatic rings. The normalized spacial score (nSPS) is 17.2. The second-order valence-corrected chi connectivity index (χ2v) is 6.08. The minimum Gasteiger partial charge on any atom is -0.477 e. The topological polar surface area (TPSA) is 71.1 Å². The zero-order valence-corrected chi connectivity index (χ0v) is 14.1. The van der Waals surface area contributed by atoms with Gasteiger partial charge in [0.1, 0.15) is 11.4 Å². The number of aromatic amines is 1. The molecule has 3 heterocycles. The molecular formula is C19H20N4O2. The smallest absolute Gasteiger partial charge is 0.259 e. The first kappa shape index (κ1) is 15.6. The number of ether oxygens (including phenoxy) is 1. The van der Waals surface area contributed by atoms with E-state index in [-0.39, 0.29) is 11.9 Å². The molecule has 0 spiro atoms. The molecule has 1 saturated heterocycles. The van der Waals surface area contributed by atoms with Crippen molar-refractivity contribution in [1.82, 2.24) is 19.9 Å². The molecule has 1 N–H and O–H groups in total. The number of fused-ring (bicyclic) bond motifs is 1. The highest BCUT2D eigenvalue weighted by Crippen LogP contribution is 2.33. The summed E-state index contributed by atoms with van der Waals surface area (Å²) in [5.41, 5.74) is 2.42. The molecule has 1 amide bonds. The summed E-state index contributed by atoms with van der Waals surface area (Å²) in [5, 5.41) is 0. The first-order chi connectivity index (χ1) is 12.3. The van der Waals surface area contributed by atoms with Gasteiger partial charge in [-0.05, 0) is 44.0 Å². The van der Waals surface area contributed by atoms with Crippen molar-refractivity contribution in [3.8, 4) is 5.88 Å². The molecule has 6 heteroatoms. The lowest BCUT2D eigenvalue weighted by molar-refractivity contribution is 0.0725. The van der Waals surface area contributed by atoms with E-state index in [0.29, 0.717) is 24.6 Å². The Balaban J connectivity index is 1.66. The van der Waals surface area contributed by atoms with Crippen LogP contribution in [0.15, 0.2) is 42.6 Å². The number of carbonyl (C=O) groups is 1. The van der Waals surface area contributed by atoms with Crippen molar-refractivity contribution in [3.05, 3.63) is 54.0 Å². The number of imidazole rings is 1. The van der Waals surface area contributed by atoms with Crippen LogP contribution >= 0.6 is 0 Å². The number of pyridine rings is 1. The lowest BCUT2D eigenvalue weighted by Crippen LogP contribution is -2.31. The monoisotopic (exact) mass is 336 g/mol. The molecule has 1 aromatic carbocycles.